The first-order valence-corrected chi connectivity index (χ1v) is 10.1. The third-order valence-corrected chi connectivity index (χ3v) is 4.80. The second-order valence-corrected chi connectivity index (χ2v) is 7.98. The van der Waals surface area contributed by atoms with Crippen molar-refractivity contribution in [3.8, 4) is 5.75 Å². The highest BCUT2D eigenvalue weighted by Crippen LogP contribution is 2.26. The predicted octanol–water partition coefficient (Wildman–Crippen LogP) is 5.48. The minimum atomic E-state index is -0.268. The zero-order valence-corrected chi connectivity index (χ0v) is 18.5. The third-order valence-electron chi connectivity index (χ3n) is 3.97. The zero-order valence-electron chi connectivity index (χ0n) is 16.1. The predicted molar refractivity (Wildman–Crippen MR) is 119 cm³/mol. The molecular weight excluding hydrogens is 424 g/mol. The number of para-hydroxylation sites is 1. The minimum Gasteiger partial charge on any atom is -0.492 e. The average molecular weight is 449 g/mol. The van der Waals surface area contributed by atoms with Crippen LogP contribution in [-0.4, -0.2) is 17.6 Å². The van der Waals surface area contributed by atoms with Crippen molar-refractivity contribution < 1.29 is 9.53 Å². The number of halogens is 1. The number of aryl methyl sites for hydroxylation is 2. The number of hydrogen-bond donors (Lipinski definition) is 2. The van der Waals surface area contributed by atoms with Crippen molar-refractivity contribution in [3.05, 3.63) is 57.6 Å². The molecule has 0 bridgehead atoms. The van der Waals surface area contributed by atoms with Gasteiger partial charge in [-0.25, -0.2) is 0 Å². The standard InChI is InChI=1S/C21H25BrN2O2S/c1-5-15-8-6-7-14(4)19(15)23-21(27)24-20(25)16-9-10-18(17(22)11-16)26-12-13(2)3/h6-11,13H,5,12H2,1-4H3,(H2,23,24,25,27). The highest BCUT2D eigenvalue weighted by molar-refractivity contribution is 9.10. The second-order valence-electron chi connectivity index (χ2n) is 6.72. The number of amides is 1. The summed E-state index contributed by atoms with van der Waals surface area (Å²) in [4.78, 5) is 12.5. The summed E-state index contributed by atoms with van der Waals surface area (Å²) in [5, 5.41) is 6.17. The highest BCUT2D eigenvalue weighted by atomic mass is 79.9. The van der Waals surface area contributed by atoms with Gasteiger partial charge in [0.2, 0.25) is 0 Å². The van der Waals surface area contributed by atoms with E-state index < -0.39 is 0 Å². The fourth-order valence-corrected chi connectivity index (χ4v) is 3.23. The van der Waals surface area contributed by atoms with Crippen molar-refractivity contribution in [3.63, 3.8) is 0 Å². The van der Waals surface area contributed by atoms with Gasteiger partial charge in [0.15, 0.2) is 5.11 Å². The summed E-state index contributed by atoms with van der Waals surface area (Å²) in [6.45, 7) is 8.89. The topological polar surface area (TPSA) is 50.4 Å². The molecule has 144 valence electrons. The van der Waals surface area contributed by atoms with Gasteiger partial charge in [0.05, 0.1) is 11.1 Å². The number of ether oxygens (including phenoxy) is 1. The quantitative estimate of drug-likeness (QED) is 0.574. The number of carbonyl (C=O) groups excluding carboxylic acids is 1. The fraction of sp³-hybridized carbons (Fsp3) is 0.333. The molecule has 0 aliphatic heterocycles. The van der Waals surface area contributed by atoms with E-state index in [0.29, 0.717) is 23.8 Å². The zero-order chi connectivity index (χ0) is 20.0. The molecule has 27 heavy (non-hydrogen) atoms. The van der Waals surface area contributed by atoms with Gasteiger partial charge in [-0.3, -0.25) is 10.1 Å². The number of anilines is 1. The van der Waals surface area contributed by atoms with Gasteiger partial charge >= 0.3 is 0 Å². The average Bonchev–Trinajstić information content (AvgIpc) is 2.62. The Morgan fingerprint density at radius 3 is 2.63 bits per heavy atom. The Labute approximate surface area is 174 Å². The van der Waals surface area contributed by atoms with Gasteiger partial charge in [0.25, 0.3) is 5.91 Å². The van der Waals surface area contributed by atoms with Gasteiger partial charge in [0.1, 0.15) is 5.75 Å². The first-order chi connectivity index (χ1) is 12.8. The molecule has 0 fully saturated rings. The summed E-state index contributed by atoms with van der Waals surface area (Å²) in [6, 6.07) is 11.3. The maximum absolute atomic E-state index is 12.5. The molecule has 4 nitrogen and oxygen atoms in total. The van der Waals surface area contributed by atoms with E-state index in [0.717, 1.165) is 27.7 Å². The lowest BCUT2D eigenvalue weighted by atomic mass is 10.1. The highest BCUT2D eigenvalue weighted by Gasteiger charge is 2.13. The van der Waals surface area contributed by atoms with E-state index in [9.17, 15) is 4.79 Å². The van der Waals surface area contributed by atoms with Crippen LogP contribution in [0.5, 0.6) is 5.75 Å². The van der Waals surface area contributed by atoms with Crippen molar-refractivity contribution in [1.82, 2.24) is 5.32 Å². The summed E-state index contributed by atoms with van der Waals surface area (Å²) < 4.78 is 6.45. The summed E-state index contributed by atoms with van der Waals surface area (Å²) in [6.07, 6.45) is 0.880. The van der Waals surface area contributed by atoms with Crippen LogP contribution in [-0.2, 0) is 6.42 Å². The van der Waals surface area contributed by atoms with Gasteiger partial charge in [-0.2, -0.15) is 0 Å². The van der Waals surface area contributed by atoms with Crippen LogP contribution in [0.1, 0.15) is 42.3 Å². The van der Waals surface area contributed by atoms with Gasteiger partial charge < -0.3 is 10.1 Å². The molecule has 0 radical (unpaired) electrons. The number of thiocarbonyl (C=S) groups is 1. The maximum Gasteiger partial charge on any atom is 0.257 e. The van der Waals surface area contributed by atoms with Gasteiger partial charge in [0, 0.05) is 11.3 Å². The van der Waals surface area contributed by atoms with Crippen LogP contribution in [0.25, 0.3) is 0 Å². The molecule has 0 saturated carbocycles. The second kappa shape index (κ2) is 9.85. The largest absolute Gasteiger partial charge is 0.492 e. The third kappa shape index (κ3) is 6.04. The van der Waals surface area contributed by atoms with E-state index >= 15 is 0 Å². The molecule has 0 saturated heterocycles. The normalized spacial score (nSPS) is 10.6. The van der Waals surface area contributed by atoms with Crippen molar-refractivity contribution in [2.75, 3.05) is 11.9 Å². The molecule has 2 N–H and O–H groups in total. The summed E-state index contributed by atoms with van der Waals surface area (Å²) in [5.41, 5.74) is 3.69. The van der Waals surface area contributed by atoms with E-state index in [1.54, 1.807) is 18.2 Å². The van der Waals surface area contributed by atoms with E-state index in [4.69, 9.17) is 17.0 Å². The summed E-state index contributed by atoms with van der Waals surface area (Å²) in [5.74, 6) is 0.876. The number of benzene rings is 2. The van der Waals surface area contributed by atoms with Crippen molar-refractivity contribution >= 4 is 44.9 Å². The molecule has 0 spiro atoms. The first-order valence-electron chi connectivity index (χ1n) is 8.95. The maximum atomic E-state index is 12.5. The van der Waals surface area contributed by atoms with Crippen LogP contribution in [0, 0.1) is 12.8 Å². The number of carbonyl (C=O) groups is 1. The van der Waals surface area contributed by atoms with E-state index in [1.165, 1.54) is 0 Å². The van der Waals surface area contributed by atoms with Crippen LogP contribution >= 0.6 is 28.1 Å². The fourth-order valence-electron chi connectivity index (χ4n) is 2.54. The Bertz CT molecular complexity index is 837. The van der Waals surface area contributed by atoms with Gasteiger partial charge in [-0.1, -0.05) is 39.0 Å². The van der Waals surface area contributed by atoms with Crippen molar-refractivity contribution in [2.45, 2.75) is 34.1 Å². The summed E-state index contributed by atoms with van der Waals surface area (Å²) >= 11 is 8.79. The molecule has 6 heteroatoms. The van der Waals surface area contributed by atoms with E-state index in [2.05, 4.69) is 47.3 Å². The molecular formula is C21H25BrN2O2S. The minimum absolute atomic E-state index is 0.268. The van der Waals surface area contributed by atoms with Crippen molar-refractivity contribution in [2.24, 2.45) is 5.92 Å². The van der Waals surface area contributed by atoms with E-state index in [-0.39, 0.29) is 11.0 Å². The Hall–Kier alpha value is -1.92. The van der Waals surface area contributed by atoms with Gasteiger partial charge in [-0.05, 0) is 76.7 Å². The molecule has 2 rings (SSSR count). The van der Waals surface area contributed by atoms with Crippen LogP contribution in [0.15, 0.2) is 40.9 Å². The lowest BCUT2D eigenvalue weighted by Gasteiger charge is -2.15. The van der Waals surface area contributed by atoms with E-state index in [1.807, 2.05) is 25.1 Å². The lowest BCUT2D eigenvalue weighted by Crippen LogP contribution is -2.34. The molecule has 1 amide bonds. The molecule has 0 aromatic heterocycles. The number of nitrogens with one attached hydrogen (secondary N) is 2. The Morgan fingerprint density at radius 2 is 2.00 bits per heavy atom. The monoisotopic (exact) mass is 448 g/mol. The SMILES string of the molecule is CCc1cccc(C)c1NC(=S)NC(=O)c1ccc(OCC(C)C)c(Br)c1. The Kier molecular flexibility index (Phi) is 7.80. The molecule has 0 aliphatic rings. The van der Waals surface area contributed by atoms with Gasteiger partial charge in [-0.15, -0.1) is 0 Å². The van der Waals surface area contributed by atoms with Crippen LogP contribution in [0.2, 0.25) is 0 Å². The summed E-state index contributed by atoms with van der Waals surface area (Å²) in [7, 11) is 0. The Morgan fingerprint density at radius 1 is 1.26 bits per heavy atom. The molecule has 2 aromatic rings. The first kappa shape index (κ1) is 21.4. The van der Waals surface area contributed by atoms with Crippen LogP contribution in [0.3, 0.4) is 0 Å². The van der Waals surface area contributed by atoms with Crippen LogP contribution in [0.4, 0.5) is 5.69 Å². The lowest BCUT2D eigenvalue weighted by molar-refractivity contribution is 0.0977. The van der Waals surface area contributed by atoms with Crippen molar-refractivity contribution in [1.29, 1.82) is 0 Å². The molecule has 0 atom stereocenters. The smallest absolute Gasteiger partial charge is 0.257 e. The molecule has 2 aromatic carbocycles. The van der Waals surface area contributed by atoms with Crippen LogP contribution < -0.4 is 15.4 Å². The Balaban J connectivity index is 2.05. The number of hydrogen-bond acceptors (Lipinski definition) is 3. The molecule has 0 unspecified atom stereocenters. The number of rotatable bonds is 6. The molecule has 0 aliphatic carbocycles. The molecule has 0 heterocycles.